The Balaban J connectivity index is 2.01. The Morgan fingerprint density at radius 3 is 2.40 bits per heavy atom. The van der Waals surface area contributed by atoms with Crippen molar-refractivity contribution in [2.45, 2.75) is 13.5 Å². The molecule has 2 aromatic rings. The lowest BCUT2D eigenvalue weighted by Crippen LogP contribution is -1.97. The van der Waals surface area contributed by atoms with E-state index in [2.05, 4.69) is 15.9 Å². The van der Waals surface area contributed by atoms with Crippen LogP contribution in [0.1, 0.15) is 12.5 Å². The molecule has 0 bridgehead atoms. The van der Waals surface area contributed by atoms with Gasteiger partial charge in [0.1, 0.15) is 23.9 Å². The summed E-state index contributed by atoms with van der Waals surface area (Å²) in [4.78, 5) is 0. The quantitative estimate of drug-likeness (QED) is 0.780. The van der Waals surface area contributed by atoms with E-state index in [-0.39, 0.29) is 0 Å². The van der Waals surface area contributed by atoms with Crippen molar-refractivity contribution in [3.05, 3.63) is 52.5 Å². The first kappa shape index (κ1) is 14.7. The SMILES string of the molecule is CCOc1cccc(OCc2ccc(OC)c(Br)c2)c1. The van der Waals surface area contributed by atoms with Crippen molar-refractivity contribution in [1.82, 2.24) is 0 Å². The van der Waals surface area contributed by atoms with Crippen molar-refractivity contribution in [2.75, 3.05) is 13.7 Å². The summed E-state index contributed by atoms with van der Waals surface area (Å²) in [5.74, 6) is 2.43. The van der Waals surface area contributed by atoms with Crippen LogP contribution in [0, 0.1) is 0 Å². The largest absolute Gasteiger partial charge is 0.496 e. The molecule has 0 N–H and O–H groups in total. The van der Waals surface area contributed by atoms with Gasteiger partial charge in [-0.2, -0.15) is 0 Å². The van der Waals surface area contributed by atoms with Gasteiger partial charge >= 0.3 is 0 Å². The number of hydrogen-bond donors (Lipinski definition) is 0. The van der Waals surface area contributed by atoms with Gasteiger partial charge in [-0.15, -0.1) is 0 Å². The van der Waals surface area contributed by atoms with Crippen molar-refractivity contribution < 1.29 is 14.2 Å². The van der Waals surface area contributed by atoms with Gasteiger partial charge in [-0.25, -0.2) is 0 Å². The average Bonchev–Trinajstić information content (AvgIpc) is 2.46. The van der Waals surface area contributed by atoms with E-state index in [1.54, 1.807) is 7.11 Å². The Morgan fingerprint density at radius 2 is 1.75 bits per heavy atom. The normalized spacial score (nSPS) is 10.2. The van der Waals surface area contributed by atoms with Crippen LogP contribution in [0.3, 0.4) is 0 Å². The third-order valence-corrected chi connectivity index (χ3v) is 3.36. The van der Waals surface area contributed by atoms with Crippen LogP contribution >= 0.6 is 15.9 Å². The lowest BCUT2D eigenvalue weighted by molar-refractivity contribution is 0.299. The van der Waals surface area contributed by atoms with E-state index < -0.39 is 0 Å². The molecule has 0 saturated carbocycles. The summed E-state index contributed by atoms with van der Waals surface area (Å²) in [5.41, 5.74) is 1.07. The Labute approximate surface area is 127 Å². The Kier molecular flexibility index (Phi) is 5.30. The monoisotopic (exact) mass is 336 g/mol. The first-order valence-corrected chi connectivity index (χ1v) is 7.20. The molecule has 0 aromatic heterocycles. The maximum Gasteiger partial charge on any atom is 0.133 e. The number of benzene rings is 2. The summed E-state index contributed by atoms with van der Waals surface area (Å²) in [6, 6.07) is 13.5. The van der Waals surface area contributed by atoms with Crippen LogP contribution < -0.4 is 14.2 Å². The first-order chi connectivity index (χ1) is 9.72. The van der Waals surface area contributed by atoms with Crippen LogP contribution in [0.5, 0.6) is 17.2 Å². The molecule has 0 unspecified atom stereocenters. The highest BCUT2D eigenvalue weighted by Gasteiger charge is 2.03. The van der Waals surface area contributed by atoms with E-state index in [1.165, 1.54) is 0 Å². The molecule has 0 fully saturated rings. The van der Waals surface area contributed by atoms with Crippen LogP contribution in [0.4, 0.5) is 0 Å². The van der Waals surface area contributed by atoms with Gasteiger partial charge in [0, 0.05) is 6.07 Å². The van der Waals surface area contributed by atoms with Crippen LogP contribution in [-0.2, 0) is 6.61 Å². The van der Waals surface area contributed by atoms with E-state index in [1.807, 2.05) is 49.4 Å². The van der Waals surface area contributed by atoms with E-state index in [9.17, 15) is 0 Å². The highest BCUT2D eigenvalue weighted by molar-refractivity contribution is 9.10. The zero-order valence-corrected chi connectivity index (χ0v) is 13.1. The Hall–Kier alpha value is -1.68. The number of rotatable bonds is 6. The zero-order valence-electron chi connectivity index (χ0n) is 11.6. The average molecular weight is 337 g/mol. The molecule has 4 heteroatoms. The van der Waals surface area contributed by atoms with Gasteiger partial charge in [0.05, 0.1) is 18.2 Å². The minimum absolute atomic E-state index is 0.498. The molecular weight excluding hydrogens is 320 g/mol. The third-order valence-electron chi connectivity index (χ3n) is 2.74. The van der Waals surface area contributed by atoms with Crippen molar-refractivity contribution in [1.29, 1.82) is 0 Å². The molecule has 2 rings (SSSR count). The van der Waals surface area contributed by atoms with Crippen LogP contribution in [0.15, 0.2) is 46.9 Å². The molecule has 0 saturated heterocycles. The molecular formula is C16H17BrO3. The fourth-order valence-corrected chi connectivity index (χ4v) is 2.37. The second kappa shape index (κ2) is 7.20. The third kappa shape index (κ3) is 3.90. The van der Waals surface area contributed by atoms with E-state index in [4.69, 9.17) is 14.2 Å². The highest BCUT2D eigenvalue weighted by atomic mass is 79.9. The van der Waals surface area contributed by atoms with Crippen molar-refractivity contribution in [3.8, 4) is 17.2 Å². The summed E-state index contributed by atoms with van der Waals surface area (Å²) in [6.07, 6.45) is 0. The minimum atomic E-state index is 0.498. The molecule has 0 heterocycles. The summed E-state index contributed by atoms with van der Waals surface area (Å²) in [6.45, 7) is 3.11. The van der Waals surface area contributed by atoms with Crippen molar-refractivity contribution in [2.24, 2.45) is 0 Å². The molecule has 20 heavy (non-hydrogen) atoms. The van der Waals surface area contributed by atoms with Crippen LogP contribution in [0.25, 0.3) is 0 Å². The summed E-state index contributed by atoms with van der Waals surface area (Å²) in [7, 11) is 1.65. The van der Waals surface area contributed by atoms with E-state index >= 15 is 0 Å². The number of ether oxygens (including phenoxy) is 3. The Bertz CT molecular complexity index is 569. The van der Waals surface area contributed by atoms with Gasteiger partial charge < -0.3 is 14.2 Å². The molecule has 0 aliphatic heterocycles. The molecule has 0 atom stereocenters. The second-order valence-corrected chi connectivity index (χ2v) is 5.02. The van der Waals surface area contributed by atoms with Gasteiger partial charge in [0.2, 0.25) is 0 Å². The maximum atomic E-state index is 5.77. The van der Waals surface area contributed by atoms with E-state index in [0.29, 0.717) is 13.2 Å². The fourth-order valence-electron chi connectivity index (χ4n) is 1.79. The molecule has 106 valence electrons. The summed E-state index contributed by atoms with van der Waals surface area (Å²) >= 11 is 3.47. The first-order valence-electron chi connectivity index (χ1n) is 6.41. The predicted molar refractivity (Wildman–Crippen MR) is 82.6 cm³/mol. The summed E-state index contributed by atoms with van der Waals surface area (Å²) in [5, 5.41) is 0. The highest BCUT2D eigenvalue weighted by Crippen LogP contribution is 2.26. The van der Waals surface area contributed by atoms with Gasteiger partial charge in [-0.05, 0) is 52.7 Å². The lowest BCUT2D eigenvalue weighted by atomic mass is 10.2. The molecule has 2 aromatic carbocycles. The molecule has 0 aliphatic rings. The second-order valence-electron chi connectivity index (χ2n) is 4.17. The predicted octanol–water partition coefficient (Wildman–Crippen LogP) is 4.44. The smallest absolute Gasteiger partial charge is 0.133 e. The number of halogens is 1. The van der Waals surface area contributed by atoms with Crippen molar-refractivity contribution >= 4 is 15.9 Å². The molecule has 0 aliphatic carbocycles. The summed E-state index contributed by atoms with van der Waals surface area (Å²) < 4.78 is 17.3. The zero-order chi connectivity index (χ0) is 14.4. The van der Waals surface area contributed by atoms with Crippen molar-refractivity contribution in [3.63, 3.8) is 0 Å². The molecule has 0 amide bonds. The van der Waals surface area contributed by atoms with Crippen LogP contribution in [-0.4, -0.2) is 13.7 Å². The molecule has 0 radical (unpaired) electrons. The molecule has 0 spiro atoms. The lowest BCUT2D eigenvalue weighted by Gasteiger charge is -2.10. The van der Waals surface area contributed by atoms with E-state index in [0.717, 1.165) is 27.3 Å². The fraction of sp³-hybridized carbons (Fsp3) is 0.250. The van der Waals surface area contributed by atoms with Crippen LogP contribution in [0.2, 0.25) is 0 Å². The van der Waals surface area contributed by atoms with Gasteiger partial charge in [0.25, 0.3) is 0 Å². The van der Waals surface area contributed by atoms with Gasteiger partial charge in [-0.3, -0.25) is 0 Å². The standard InChI is InChI=1S/C16H17BrO3/c1-3-19-13-5-4-6-14(10-13)20-11-12-7-8-16(18-2)15(17)9-12/h4-10H,3,11H2,1-2H3. The Morgan fingerprint density at radius 1 is 1.00 bits per heavy atom. The van der Waals surface area contributed by atoms with Gasteiger partial charge in [0.15, 0.2) is 0 Å². The number of hydrogen-bond acceptors (Lipinski definition) is 3. The topological polar surface area (TPSA) is 27.7 Å². The molecule has 3 nitrogen and oxygen atoms in total. The maximum absolute atomic E-state index is 5.77. The number of methoxy groups -OCH3 is 1. The van der Waals surface area contributed by atoms with Gasteiger partial charge in [-0.1, -0.05) is 12.1 Å². The minimum Gasteiger partial charge on any atom is -0.496 e.